The van der Waals surface area contributed by atoms with Crippen molar-refractivity contribution in [2.24, 2.45) is 5.92 Å². The number of anilines is 1. The largest absolute Gasteiger partial charge is 0.316 e. The van der Waals surface area contributed by atoms with Gasteiger partial charge in [-0.2, -0.15) is 0 Å². The molecule has 0 atom stereocenters. The van der Waals surface area contributed by atoms with Gasteiger partial charge in [0.2, 0.25) is 5.91 Å². The van der Waals surface area contributed by atoms with Gasteiger partial charge in [-0.05, 0) is 29.5 Å². The van der Waals surface area contributed by atoms with E-state index in [1.54, 1.807) is 4.90 Å². The highest BCUT2D eigenvalue weighted by Gasteiger charge is 2.20. The standard InChI is InChI=1S/C15H21N3O/c1-18-14-4-2-11(6-13(14)3-5-15(18)19)7-16-8-12-9-17-10-12/h2,4,6,12,16-17H,3,5,7-10H2,1H3. The van der Waals surface area contributed by atoms with Gasteiger partial charge in [-0.15, -0.1) is 0 Å². The average molecular weight is 259 g/mol. The Morgan fingerprint density at radius 3 is 2.95 bits per heavy atom. The number of fused-ring (bicyclic) bond motifs is 1. The molecule has 19 heavy (non-hydrogen) atoms. The zero-order valence-corrected chi connectivity index (χ0v) is 11.4. The fourth-order valence-electron chi connectivity index (χ4n) is 2.73. The Kier molecular flexibility index (Phi) is 3.53. The maximum atomic E-state index is 11.6. The van der Waals surface area contributed by atoms with Gasteiger partial charge in [-0.1, -0.05) is 12.1 Å². The highest BCUT2D eigenvalue weighted by atomic mass is 16.2. The Morgan fingerprint density at radius 1 is 1.37 bits per heavy atom. The van der Waals surface area contributed by atoms with E-state index in [4.69, 9.17) is 0 Å². The minimum absolute atomic E-state index is 0.218. The van der Waals surface area contributed by atoms with Crippen LogP contribution in [-0.2, 0) is 17.8 Å². The first-order chi connectivity index (χ1) is 9.24. The molecule has 1 fully saturated rings. The van der Waals surface area contributed by atoms with E-state index in [2.05, 4.69) is 28.8 Å². The molecule has 2 heterocycles. The molecule has 2 aliphatic heterocycles. The number of carbonyl (C=O) groups is 1. The van der Waals surface area contributed by atoms with Crippen molar-refractivity contribution < 1.29 is 4.79 Å². The first kappa shape index (κ1) is 12.6. The SMILES string of the molecule is CN1C(=O)CCc2cc(CNCC3CNC3)ccc21. The number of hydrogen-bond donors (Lipinski definition) is 2. The van der Waals surface area contributed by atoms with E-state index >= 15 is 0 Å². The molecule has 0 aromatic heterocycles. The van der Waals surface area contributed by atoms with Gasteiger partial charge in [0, 0.05) is 45.3 Å². The third-order valence-electron chi connectivity index (χ3n) is 4.12. The molecule has 1 aromatic rings. The molecule has 0 bridgehead atoms. The van der Waals surface area contributed by atoms with Gasteiger partial charge >= 0.3 is 0 Å². The Labute approximate surface area is 114 Å². The first-order valence-corrected chi connectivity index (χ1v) is 7.04. The molecule has 1 aromatic carbocycles. The first-order valence-electron chi connectivity index (χ1n) is 7.04. The number of rotatable bonds is 4. The van der Waals surface area contributed by atoms with Crippen LogP contribution >= 0.6 is 0 Å². The lowest BCUT2D eigenvalue weighted by Crippen LogP contribution is -2.47. The number of carbonyl (C=O) groups excluding carboxylic acids is 1. The molecule has 3 rings (SSSR count). The van der Waals surface area contributed by atoms with Crippen LogP contribution in [0, 0.1) is 5.92 Å². The molecule has 102 valence electrons. The van der Waals surface area contributed by atoms with Crippen LogP contribution in [0.1, 0.15) is 17.5 Å². The molecule has 0 radical (unpaired) electrons. The monoisotopic (exact) mass is 259 g/mol. The van der Waals surface area contributed by atoms with Crippen LogP contribution in [-0.4, -0.2) is 32.6 Å². The summed E-state index contributed by atoms with van der Waals surface area (Å²) in [6.07, 6.45) is 1.51. The highest BCUT2D eigenvalue weighted by Crippen LogP contribution is 2.27. The lowest BCUT2D eigenvalue weighted by Gasteiger charge is -2.28. The van der Waals surface area contributed by atoms with E-state index in [9.17, 15) is 4.79 Å². The smallest absolute Gasteiger partial charge is 0.227 e. The third kappa shape index (κ3) is 2.65. The summed E-state index contributed by atoms with van der Waals surface area (Å²) in [6.45, 7) is 4.29. The Bertz CT molecular complexity index is 482. The minimum atomic E-state index is 0.218. The van der Waals surface area contributed by atoms with E-state index in [0.717, 1.165) is 44.2 Å². The van der Waals surface area contributed by atoms with Crippen LogP contribution in [0.4, 0.5) is 5.69 Å². The maximum absolute atomic E-state index is 11.6. The van der Waals surface area contributed by atoms with Gasteiger partial charge < -0.3 is 15.5 Å². The summed E-state index contributed by atoms with van der Waals surface area (Å²) in [6, 6.07) is 6.44. The summed E-state index contributed by atoms with van der Waals surface area (Å²) in [5.74, 6) is 1.01. The number of nitrogens with one attached hydrogen (secondary N) is 2. The summed E-state index contributed by atoms with van der Waals surface area (Å²) in [5, 5.41) is 6.79. The van der Waals surface area contributed by atoms with Gasteiger partial charge in [-0.25, -0.2) is 0 Å². The fourth-order valence-corrected chi connectivity index (χ4v) is 2.73. The number of amides is 1. The van der Waals surface area contributed by atoms with E-state index in [1.807, 2.05) is 7.05 Å². The van der Waals surface area contributed by atoms with E-state index < -0.39 is 0 Å². The van der Waals surface area contributed by atoms with Crippen molar-refractivity contribution in [2.45, 2.75) is 19.4 Å². The molecule has 2 N–H and O–H groups in total. The second kappa shape index (κ2) is 5.31. The Balaban J connectivity index is 1.62. The van der Waals surface area contributed by atoms with Crippen molar-refractivity contribution in [3.8, 4) is 0 Å². The summed E-state index contributed by atoms with van der Waals surface area (Å²) < 4.78 is 0. The van der Waals surface area contributed by atoms with Crippen LogP contribution in [0.2, 0.25) is 0 Å². The molecule has 0 spiro atoms. The molecule has 0 unspecified atom stereocenters. The molecular weight excluding hydrogens is 238 g/mol. The van der Waals surface area contributed by atoms with Gasteiger partial charge in [-0.3, -0.25) is 4.79 Å². The quantitative estimate of drug-likeness (QED) is 0.844. The van der Waals surface area contributed by atoms with E-state index in [1.165, 1.54) is 11.1 Å². The summed E-state index contributed by atoms with van der Waals surface area (Å²) in [4.78, 5) is 13.4. The molecule has 1 saturated heterocycles. The predicted octanol–water partition coefficient (Wildman–Crippen LogP) is 0.905. The van der Waals surface area contributed by atoms with Crippen molar-refractivity contribution in [3.63, 3.8) is 0 Å². The molecule has 1 amide bonds. The third-order valence-corrected chi connectivity index (χ3v) is 4.12. The maximum Gasteiger partial charge on any atom is 0.227 e. The van der Waals surface area contributed by atoms with Crippen molar-refractivity contribution in [1.82, 2.24) is 10.6 Å². The van der Waals surface area contributed by atoms with Gasteiger partial charge in [0.15, 0.2) is 0 Å². The Morgan fingerprint density at radius 2 is 2.21 bits per heavy atom. The highest BCUT2D eigenvalue weighted by molar-refractivity contribution is 5.95. The van der Waals surface area contributed by atoms with Crippen molar-refractivity contribution in [3.05, 3.63) is 29.3 Å². The lowest BCUT2D eigenvalue weighted by atomic mass is 9.99. The summed E-state index contributed by atoms with van der Waals surface area (Å²) >= 11 is 0. The average Bonchev–Trinajstić information content (AvgIpc) is 2.37. The predicted molar refractivity (Wildman–Crippen MR) is 76.2 cm³/mol. The molecule has 0 saturated carbocycles. The van der Waals surface area contributed by atoms with E-state index in [0.29, 0.717) is 6.42 Å². The van der Waals surface area contributed by atoms with Crippen LogP contribution in [0.15, 0.2) is 18.2 Å². The number of aryl methyl sites for hydroxylation is 1. The Hall–Kier alpha value is -1.39. The summed E-state index contributed by atoms with van der Waals surface area (Å²) in [7, 11) is 1.86. The molecule has 4 nitrogen and oxygen atoms in total. The molecular formula is C15H21N3O. The van der Waals surface area contributed by atoms with E-state index in [-0.39, 0.29) is 5.91 Å². The van der Waals surface area contributed by atoms with Crippen LogP contribution < -0.4 is 15.5 Å². The second-order valence-corrected chi connectivity index (χ2v) is 5.57. The molecule has 0 aliphatic carbocycles. The topological polar surface area (TPSA) is 44.4 Å². The number of hydrogen-bond acceptors (Lipinski definition) is 3. The normalized spacial score (nSPS) is 19.2. The van der Waals surface area contributed by atoms with Crippen LogP contribution in [0.3, 0.4) is 0 Å². The van der Waals surface area contributed by atoms with Crippen LogP contribution in [0.5, 0.6) is 0 Å². The zero-order valence-electron chi connectivity index (χ0n) is 11.4. The van der Waals surface area contributed by atoms with Gasteiger partial charge in [0.05, 0.1) is 0 Å². The van der Waals surface area contributed by atoms with Crippen LogP contribution in [0.25, 0.3) is 0 Å². The van der Waals surface area contributed by atoms with Crippen molar-refractivity contribution in [2.75, 3.05) is 31.6 Å². The van der Waals surface area contributed by atoms with Crippen molar-refractivity contribution >= 4 is 11.6 Å². The number of benzene rings is 1. The second-order valence-electron chi connectivity index (χ2n) is 5.57. The zero-order chi connectivity index (χ0) is 13.2. The fraction of sp³-hybridized carbons (Fsp3) is 0.533. The molecule has 2 aliphatic rings. The number of nitrogens with zero attached hydrogens (tertiary/aromatic N) is 1. The van der Waals surface area contributed by atoms with Crippen molar-refractivity contribution in [1.29, 1.82) is 0 Å². The lowest BCUT2D eigenvalue weighted by molar-refractivity contribution is -0.118. The van der Waals surface area contributed by atoms with Gasteiger partial charge in [0.1, 0.15) is 0 Å². The molecule has 4 heteroatoms. The minimum Gasteiger partial charge on any atom is -0.316 e. The van der Waals surface area contributed by atoms with Gasteiger partial charge in [0.25, 0.3) is 0 Å². The summed E-state index contributed by atoms with van der Waals surface area (Å²) in [5.41, 5.74) is 3.68.